The number of halogens is 1. The van der Waals surface area contributed by atoms with Crippen LogP contribution >= 0.6 is 11.6 Å². The maximum atomic E-state index is 12.0. The molecular weight excluding hydrogens is 306 g/mol. The molecule has 0 fully saturated rings. The van der Waals surface area contributed by atoms with Gasteiger partial charge >= 0.3 is 0 Å². The molecule has 0 spiro atoms. The predicted octanol–water partition coefficient (Wildman–Crippen LogP) is 1.57. The molecule has 0 aliphatic rings. The number of nitrogens with zero attached hydrogens (tertiary/aromatic N) is 1. The number of hydrogen-bond donors (Lipinski definition) is 2. The van der Waals surface area contributed by atoms with Crippen LogP contribution in [0.25, 0.3) is 0 Å². The van der Waals surface area contributed by atoms with Gasteiger partial charge in [-0.2, -0.15) is 0 Å². The second kappa shape index (κ2) is 6.49. The van der Waals surface area contributed by atoms with E-state index < -0.39 is 14.9 Å². The SMILES string of the molecule is CCC(N)CNS(=O)(=O)c1cc(Cl)c(C)c([N+](=O)[O-])c1. The fraction of sp³-hybridized carbons (Fsp3) is 0.455. The van der Waals surface area contributed by atoms with E-state index in [1.165, 1.54) is 13.0 Å². The highest BCUT2D eigenvalue weighted by Crippen LogP contribution is 2.29. The molecule has 0 heterocycles. The summed E-state index contributed by atoms with van der Waals surface area (Å²) in [4.78, 5) is 9.96. The summed E-state index contributed by atoms with van der Waals surface area (Å²) in [7, 11) is -3.88. The van der Waals surface area contributed by atoms with Crippen LogP contribution in [0, 0.1) is 17.0 Å². The van der Waals surface area contributed by atoms with E-state index in [2.05, 4.69) is 4.72 Å². The molecule has 9 heteroatoms. The van der Waals surface area contributed by atoms with Gasteiger partial charge in [0.15, 0.2) is 0 Å². The van der Waals surface area contributed by atoms with Crippen LogP contribution in [0.1, 0.15) is 18.9 Å². The Kier molecular flexibility index (Phi) is 5.46. The van der Waals surface area contributed by atoms with Crippen molar-refractivity contribution in [1.82, 2.24) is 4.72 Å². The molecule has 7 nitrogen and oxygen atoms in total. The van der Waals surface area contributed by atoms with Gasteiger partial charge in [0, 0.05) is 24.2 Å². The van der Waals surface area contributed by atoms with Crippen molar-refractivity contribution in [2.75, 3.05) is 6.54 Å². The first-order chi connectivity index (χ1) is 9.19. The molecule has 1 atom stereocenters. The van der Waals surface area contributed by atoms with Gasteiger partial charge < -0.3 is 5.73 Å². The number of nitro groups is 1. The van der Waals surface area contributed by atoms with Gasteiger partial charge in [0.05, 0.1) is 14.8 Å². The maximum Gasteiger partial charge on any atom is 0.275 e. The topological polar surface area (TPSA) is 115 Å². The molecule has 0 radical (unpaired) electrons. The summed E-state index contributed by atoms with van der Waals surface area (Å²) in [6, 6.07) is 1.85. The molecule has 3 N–H and O–H groups in total. The third-order valence-electron chi connectivity index (χ3n) is 2.86. The molecule has 0 aliphatic heterocycles. The Balaban J connectivity index is 3.16. The Labute approximate surface area is 122 Å². The summed E-state index contributed by atoms with van der Waals surface area (Å²) < 4.78 is 26.4. The largest absolute Gasteiger partial charge is 0.327 e. The van der Waals surface area contributed by atoms with Crippen LogP contribution in [0.5, 0.6) is 0 Å². The van der Waals surface area contributed by atoms with Crippen molar-refractivity contribution in [3.05, 3.63) is 32.8 Å². The van der Waals surface area contributed by atoms with E-state index in [4.69, 9.17) is 17.3 Å². The number of sulfonamides is 1. The number of nitrogens with two attached hydrogens (primary N) is 1. The first-order valence-electron chi connectivity index (χ1n) is 5.88. The summed E-state index contributed by atoms with van der Waals surface area (Å²) in [6.07, 6.45) is 0.608. The zero-order chi connectivity index (χ0) is 15.5. The summed E-state index contributed by atoms with van der Waals surface area (Å²) in [5.41, 5.74) is 5.52. The van der Waals surface area contributed by atoms with Crippen LogP contribution in [-0.2, 0) is 10.0 Å². The zero-order valence-corrected chi connectivity index (χ0v) is 12.7. The highest BCUT2D eigenvalue weighted by molar-refractivity contribution is 7.89. The molecule has 0 aliphatic carbocycles. The minimum Gasteiger partial charge on any atom is -0.327 e. The molecule has 112 valence electrons. The standard InChI is InChI=1S/C11H16ClN3O4S/c1-3-8(13)6-14-20(18,19)9-4-10(12)7(2)11(5-9)15(16)17/h4-5,8,14H,3,6,13H2,1-2H3. The molecule has 20 heavy (non-hydrogen) atoms. The normalized spacial score (nSPS) is 13.2. The Bertz CT molecular complexity index is 618. The van der Waals surface area contributed by atoms with E-state index in [0.29, 0.717) is 6.42 Å². The average Bonchev–Trinajstić information content (AvgIpc) is 2.38. The lowest BCUT2D eigenvalue weighted by Gasteiger charge is -2.11. The van der Waals surface area contributed by atoms with Gasteiger partial charge in [0.2, 0.25) is 10.0 Å². The summed E-state index contributed by atoms with van der Waals surface area (Å²) >= 11 is 5.84. The Hall–Kier alpha value is -1.22. The van der Waals surface area contributed by atoms with E-state index in [9.17, 15) is 18.5 Å². The first-order valence-corrected chi connectivity index (χ1v) is 7.75. The number of rotatable bonds is 6. The smallest absolute Gasteiger partial charge is 0.275 e. The molecule has 0 saturated heterocycles. The molecule has 1 unspecified atom stereocenters. The monoisotopic (exact) mass is 321 g/mol. The second-order valence-electron chi connectivity index (χ2n) is 4.33. The van der Waals surface area contributed by atoms with E-state index in [-0.39, 0.29) is 33.8 Å². The highest BCUT2D eigenvalue weighted by atomic mass is 35.5. The van der Waals surface area contributed by atoms with Gasteiger partial charge in [-0.3, -0.25) is 10.1 Å². The average molecular weight is 322 g/mol. The molecule has 0 bridgehead atoms. The predicted molar refractivity (Wildman–Crippen MR) is 76.3 cm³/mol. The van der Waals surface area contributed by atoms with Crippen molar-refractivity contribution >= 4 is 27.3 Å². The van der Waals surface area contributed by atoms with Crippen molar-refractivity contribution in [3.8, 4) is 0 Å². The van der Waals surface area contributed by atoms with Crippen molar-refractivity contribution in [1.29, 1.82) is 0 Å². The second-order valence-corrected chi connectivity index (χ2v) is 6.50. The quantitative estimate of drug-likeness (QED) is 0.609. The summed E-state index contributed by atoms with van der Waals surface area (Å²) in [5, 5.41) is 10.9. The number of nitro benzene ring substituents is 1. The lowest BCUT2D eigenvalue weighted by molar-refractivity contribution is -0.385. The summed E-state index contributed by atoms with van der Waals surface area (Å²) in [5.74, 6) is 0. The van der Waals surface area contributed by atoms with Crippen molar-refractivity contribution in [2.24, 2.45) is 5.73 Å². The van der Waals surface area contributed by atoms with Crippen LogP contribution in [0.4, 0.5) is 5.69 Å². The molecule has 1 aromatic rings. The lowest BCUT2D eigenvalue weighted by atomic mass is 10.2. The number of nitrogens with one attached hydrogen (secondary N) is 1. The van der Waals surface area contributed by atoms with E-state index in [1.807, 2.05) is 6.92 Å². The summed E-state index contributed by atoms with van der Waals surface area (Å²) in [6.45, 7) is 3.34. The third kappa shape index (κ3) is 3.89. The van der Waals surface area contributed by atoms with Gasteiger partial charge in [-0.15, -0.1) is 0 Å². The fourth-order valence-corrected chi connectivity index (χ4v) is 2.85. The number of hydrogen-bond acceptors (Lipinski definition) is 5. The van der Waals surface area contributed by atoms with Gasteiger partial charge in [-0.25, -0.2) is 13.1 Å². The van der Waals surface area contributed by atoms with Crippen LogP contribution in [0.3, 0.4) is 0 Å². The van der Waals surface area contributed by atoms with E-state index in [1.54, 1.807) is 0 Å². The van der Waals surface area contributed by atoms with Crippen LogP contribution in [-0.4, -0.2) is 25.9 Å². The van der Waals surface area contributed by atoms with Crippen LogP contribution in [0.15, 0.2) is 17.0 Å². The van der Waals surface area contributed by atoms with E-state index in [0.717, 1.165) is 6.07 Å². The maximum absolute atomic E-state index is 12.0. The van der Waals surface area contributed by atoms with Gasteiger partial charge in [0.1, 0.15) is 0 Å². The molecular formula is C11H16ClN3O4S. The Morgan fingerprint density at radius 2 is 2.10 bits per heavy atom. The minimum absolute atomic E-state index is 0.0272. The van der Waals surface area contributed by atoms with Crippen LogP contribution < -0.4 is 10.5 Å². The lowest BCUT2D eigenvalue weighted by Crippen LogP contribution is -2.36. The molecule has 0 aromatic heterocycles. The van der Waals surface area contributed by atoms with Gasteiger partial charge in [-0.05, 0) is 19.4 Å². The van der Waals surface area contributed by atoms with Gasteiger partial charge in [-0.1, -0.05) is 18.5 Å². The molecule has 1 aromatic carbocycles. The molecule has 0 saturated carbocycles. The number of benzene rings is 1. The van der Waals surface area contributed by atoms with Gasteiger partial charge in [0.25, 0.3) is 5.69 Å². The fourth-order valence-electron chi connectivity index (χ4n) is 1.43. The van der Waals surface area contributed by atoms with Crippen molar-refractivity contribution < 1.29 is 13.3 Å². The minimum atomic E-state index is -3.88. The first kappa shape index (κ1) is 16.8. The Morgan fingerprint density at radius 3 is 2.60 bits per heavy atom. The van der Waals surface area contributed by atoms with Crippen LogP contribution in [0.2, 0.25) is 5.02 Å². The molecule has 0 amide bonds. The van der Waals surface area contributed by atoms with Crippen molar-refractivity contribution in [3.63, 3.8) is 0 Å². The molecule has 1 rings (SSSR count). The van der Waals surface area contributed by atoms with Crippen molar-refractivity contribution in [2.45, 2.75) is 31.2 Å². The highest BCUT2D eigenvalue weighted by Gasteiger charge is 2.22. The third-order valence-corrected chi connectivity index (χ3v) is 4.65. The zero-order valence-electron chi connectivity index (χ0n) is 11.1. The Morgan fingerprint density at radius 1 is 1.50 bits per heavy atom. The van der Waals surface area contributed by atoms with E-state index >= 15 is 0 Å².